The van der Waals surface area contributed by atoms with Gasteiger partial charge in [-0.05, 0) is 24.3 Å². The van der Waals surface area contributed by atoms with Crippen molar-refractivity contribution in [3.8, 4) is 5.69 Å². The Hall–Kier alpha value is -2.31. The maximum absolute atomic E-state index is 12.4. The summed E-state index contributed by atoms with van der Waals surface area (Å²) < 4.78 is 38.3. The van der Waals surface area contributed by atoms with E-state index in [9.17, 15) is 18.0 Å². The van der Waals surface area contributed by atoms with Gasteiger partial charge >= 0.3 is 12.1 Å². The summed E-state index contributed by atoms with van der Waals surface area (Å²) in [6.07, 6.45) is -1.78. The summed E-state index contributed by atoms with van der Waals surface area (Å²) in [4.78, 5) is 14.4. The zero-order valence-electron chi connectivity index (χ0n) is 8.85. The van der Waals surface area contributed by atoms with Gasteiger partial charge in [0.25, 0.3) is 0 Å². The third kappa shape index (κ3) is 2.20. The number of carbonyl (C=O) groups is 1. The van der Waals surface area contributed by atoms with Crippen molar-refractivity contribution in [2.24, 2.45) is 0 Å². The lowest BCUT2D eigenvalue weighted by atomic mass is 10.2. The van der Waals surface area contributed by atoms with Gasteiger partial charge in [0.15, 0.2) is 0 Å². The van der Waals surface area contributed by atoms with E-state index >= 15 is 0 Å². The third-order valence-corrected chi connectivity index (χ3v) is 2.30. The number of aromatic nitrogens is 2. The van der Waals surface area contributed by atoms with Gasteiger partial charge in [-0.15, -0.1) is 0 Å². The maximum Gasteiger partial charge on any atom is 0.416 e. The van der Waals surface area contributed by atoms with E-state index in [4.69, 9.17) is 5.11 Å². The molecule has 0 fully saturated rings. The first-order chi connectivity index (χ1) is 8.39. The summed E-state index contributed by atoms with van der Waals surface area (Å²) in [6, 6.07) is 4.16. The molecule has 0 saturated carbocycles. The monoisotopic (exact) mass is 256 g/mol. The van der Waals surface area contributed by atoms with Crippen LogP contribution in [-0.2, 0) is 6.18 Å². The average molecular weight is 256 g/mol. The Labute approximate surface area is 99.3 Å². The number of hydrogen-bond donors (Lipinski definition) is 1. The van der Waals surface area contributed by atoms with Crippen LogP contribution in [-0.4, -0.2) is 20.6 Å². The van der Waals surface area contributed by atoms with E-state index in [2.05, 4.69) is 4.98 Å². The molecule has 0 saturated heterocycles. The number of benzene rings is 1. The number of aromatic carboxylic acids is 1. The molecular formula is C11H7F3N2O2. The van der Waals surface area contributed by atoms with Gasteiger partial charge in [0.05, 0.1) is 5.56 Å². The number of imidazole rings is 1. The highest BCUT2D eigenvalue weighted by Crippen LogP contribution is 2.29. The first-order valence-corrected chi connectivity index (χ1v) is 4.84. The lowest BCUT2D eigenvalue weighted by molar-refractivity contribution is -0.137. The molecule has 0 radical (unpaired) electrons. The van der Waals surface area contributed by atoms with Gasteiger partial charge in [0.1, 0.15) is 0 Å². The Bertz CT molecular complexity index is 573. The van der Waals surface area contributed by atoms with E-state index in [1.807, 2.05) is 0 Å². The van der Waals surface area contributed by atoms with E-state index in [1.54, 1.807) is 0 Å². The van der Waals surface area contributed by atoms with E-state index < -0.39 is 17.7 Å². The van der Waals surface area contributed by atoms with Gasteiger partial charge < -0.3 is 5.11 Å². The highest BCUT2D eigenvalue weighted by atomic mass is 19.4. The largest absolute Gasteiger partial charge is 0.475 e. The molecule has 0 unspecified atom stereocenters. The van der Waals surface area contributed by atoms with Crippen molar-refractivity contribution in [1.82, 2.24) is 9.55 Å². The molecule has 2 rings (SSSR count). The summed E-state index contributed by atoms with van der Waals surface area (Å²) in [6.45, 7) is 0. The predicted octanol–water partition coefficient (Wildman–Crippen LogP) is 2.59. The van der Waals surface area contributed by atoms with Gasteiger partial charge in [0, 0.05) is 18.1 Å². The molecule has 2 aromatic rings. The lowest BCUT2D eigenvalue weighted by Gasteiger charge is -2.08. The number of halogens is 3. The van der Waals surface area contributed by atoms with Crippen LogP contribution in [0.4, 0.5) is 13.2 Å². The SMILES string of the molecule is O=C(O)c1nccn1-c1ccc(C(F)(F)F)cc1. The minimum absolute atomic E-state index is 0.255. The van der Waals surface area contributed by atoms with Crippen LogP contribution in [0.1, 0.15) is 16.2 Å². The van der Waals surface area contributed by atoms with Crippen molar-refractivity contribution in [3.63, 3.8) is 0 Å². The summed E-state index contributed by atoms with van der Waals surface area (Å²) in [5.74, 6) is -1.50. The number of alkyl halides is 3. The third-order valence-electron chi connectivity index (χ3n) is 2.30. The second-order valence-corrected chi connectivity index (χ2v) is 3.47. The lowest BCUT2D eigenvalue weighted by Crippen LogP contribution is -2.08. The van der Waals surface area contributed by atoms with E-state index in [0.29, 0.717) is 5.69 Å². The topological polar surface area (TPSA) is 55.1 Å². The Balaban J connectivity index is 2.41. The molecule has 0 atom stereocenters. The minimum atomic E-state index is -4.41. The van der Waals surface area contributed by atoms with Crippen LogP contribution in [0.3, 0.4) is 0 Å². The fourth-order valence-electron chi connectivity index (χ4n) is 1.48. The highest BCUT2D eigenvalue weighted by molar-refractivity contribution is 5.84. The molecule has 0 bridgehead atoms. The van der Waals surface area contributed by atoms with Crippen molar-refractivity contribution in [2.45, 2.75) is 6.18 Å². The fraction of sp³-hybridized carbons (Fsp3) is 0.0909. The zero-order chi connectivity index (χ0) is 13.3. The Morgan fingerprint density at radius 3 is 2.33 bits per heavy atom. The predicted molar refractivity (Wildman–Crippen MR) is 55.5 cm³/mol. The molecule has 0 aliphatic rings. The molecule has 0 amide bonds. The summed E-state index contributed by atoms with van der Waals surface area (Å²) in [5.41, 5.74) is -0.485. The molecule has 1 N–H and O–H groups in total. The smallest absolute Gasteiger partial charge is 0.416 e. The quantitative estimate of drug-likeness (QED) is 0.898. The van der Waals surface area contributed by atoms with Crippen molar-refractivity contribution in [3.05, 3.63) is 48.0 Å². The van der Waals surface area contributed by atoms with Crippen molar-refractivity contribution < 1.29 is 23.1 Å². The first-order valence-electron chi connectivity index (χ1n) is 4.84. The van der Waals surface area contributed by atoms with Gasteiger partial charge in [0.2, 0.25) is 5.82 Å². The van der Waals surface area contributed by atoms with Crippen LogP contribution < -0.4 is 0 Å². The van der Waals surface area contributed by atoms with Gasteiger partial charge in [-0.2, -0.15) is 13.2 Å². The molecule has 0 aliphatic carbocycles. The van der Waals surface area contributed by atoms with Gasteiger partial charge in [-0.1, -0.05) is 0 Å². The van der Waals surface area contributed by atoms with Crippen molar-refractivity contribution in [2.75, 3.05) is 0 Å². The Morgan fingerprint density at radius 2 is 1.83 bits per heavy atom. The average Bonchev–Trinajstić information content (AvgIpc) is 2.77. The summed E-state index contributed by atoms with van der Waals surface area (Å²) >= 11 is 0. The standard InChI is InChI=1S/C11H7F3N2O2/c12-11(13,14)7-1-3-8(4-2-7)16-6-5-15-9(16)10(17)18/h1-6H,(H,17,18). The highest BCUT2D eigenvalue weighted by Gasteiger charge is 2.30. The Morgan fingerprint density at radius 1 is 1.22 bits per heavy atom. The molecule has 0 spiro atoms. The molecule has 1 heterocycles. The number of carboxylic acid groups (broad SMARTS) is 1. The molecule has 94 valence electrons. The molecule has 0 aliphatic heterocycles. The molecule has 1 aromatic carbocycles. The van der Waals surface area contributed by atoms with Crippen molar-refractivity contribution in [1.29, 1.82) is 0 Å². The second-order valence-electron chi connectivity index (χ2n) is 3.47. The number of carboxylic acids is 1. The van der Waals surface area contributed by atoms with E-state index in [-0.39, 0.29) is 5.82 Å². The Kier molecular flexibility index (Phi) is 2.82. The normalized spacial score (nSPS) is 11.5. The van der Waals surface area contributed by atoms with Crippen LogP contribution in [0.2, 0.25) is 0 Å². The minimum Gasteiger partial charge on any atom is -0.475 e. The molecule has 18 heavy (non-hydrogen) atoms. The summed E-state index contributed by atoms with van der Waals surface area (Å²) in [5, 5.41) is 8.84. The molecular weight excluding hydrogens is 249 g/mol. The second kappa shape index (κ2) is 4.17. The van der Waals surface area contributed by atoms with E-state index in [0.717, 1.165) is 12.1 Å². The molecule has 4 nitrogen and oxygen atoms in total. The first kappa shape index (κ1) is 12.2. The van der Waals surface area contributed by atoms with Crippen molar-refractivity contribution >= 4 is 5.97 Å². The number of hydrogen-bond acceptors (Lipinski definition) is 2. The molecule has 7 heteroatoms. The maximum atomic E-state index is 12.4. The fourth-order valence-corrected chi connectivity index (χ4v) is 1.48. The van der Waals surface area contributed by atoms with Gasteiger partial charge in [-0.3, -0.25) is 4.57 Å². The molecule has 1 aromatic heterocycles. The number of nitrogens with zero attached hydrogens (tertiary/aromatic N) is 2. The zero-order valence-corrected chi connectivity index (χ0v) is 8.85. The van der Waals surface area contributed by atoms with Crippen LogP contribution in [0.25, 0.3) is 5.69 Å². The van der Waals surface area contributed by atoms with Crippen LogP contribution in [0.15, 0.2) is 36.7 Å². The van der Waals surface area contributed by atoms with E-state index in [1.165, 1.54) is 29.1 Å². The summed E-state index contributed by atoms with van der Waals surface area (Å²) in [7, 11) is 0. The number of rotatable bonds is 2. The van der Waals surface area contributed by atoms with Crippen LogP contribution in [0.5, 0.6) is 0 Å². The van der Waals surface area contributed by atoms with Crippen LogP contribution in [0, 0.1) is 0 Å². The van der Waals surface area contributed by atoms with Gasteiger partial charge in [-0.25, -0.2) is 9.78 Å². The van der Waals surface area contributed by atoms with Crippen LogP contribution >= 0.6 is 0 Å².